The van der Waals surface area contributed by atoms with Crippen LogP contribution in [0.1, 0.15) is 18.4 Å². The normalized spacial score (nSPS) is 10.9. The predicted octanol–water partition coefficient (Wildman–Crippen LogP) is 4.66. The van der Waals surface area contributed by atoms with E-state index in [1.165, 1.54) is 17.3 Å². The van der Waals surface area contributed by atoms with E-state index >= 15 is 0 Å². The molecule has 0 atom stereocenters. The van der Waals surface area contributed by atoms with Gasteiger partial charge in [-0.15, -0.1) is 10.2 Å². The molecule has 0 spiro atoms. The van der Waals surface area contributed by atoms with E-state index in [4.69, 9.17) is 18.4 Å². The van der Waals surface area contributed by atoms with Crippen LogP contribution >= 0.6 is 11.8 Å². The number of ether oxygens (including phenoxy) is 2. The Hall–Kier alpha value is -3.33. The fourth-order valence-electron chi connectivity index (χ4n) is 2.80. The molecule has 0 unspecified atom stereocenters. The van der Waals surface area contributed by atoms with Crippen LogP contribution in [0.3, 0.4) is 0 Å². The van der Waals surface area contributed by atoms with Gasteiger partial charge in [-0.3, -0.25) is 0 Å². The lowest BCUT2D eigenvalue weighted by atomic mass is 10.1. The Labute approximate surface area is 177 Å². The molecular formula is C21H20N4O4S. The van der Waals surface area contributed by atoms with Crippen LogP contribution in [0, 0.1) is 0 Å². The van der Waals surface area contributed by atoms with Crippen molar-refractivity contribution in [3.63, 3.8) is 0 Å². The van der Waals surface area contributed by atoms with E-state index in [-0.39, 0.29) is 0 Å². The number of hydrogen-bond acceptors (Lipinski definition) is 9. The van der Waals surface area contributed by atoms with Crippen LogP contribution in [0.25, 0.3) is 22.8 Å². The minimum atomic E-state index is 0.360. The van der Waals surface area contributed by atoms with Crippen LogP contribution in [0.4, 0.5) is 0 Å². The van der Waals surface area contributed by atoms with E-state index < -0.39 is 0 Å². The first kappa shape index (κ1) is 20.0. The molecule has 2 aromatic carbocycles. The van der Waals surface area contributed by atoms with E-state index in [0.717, 1.165) is 12.0 Å². The number of aromatic nitrogens is 4. The zero-order chi connectivity index (χ0) is 20.9. The molecule has 2 aromatic heterocycles. The van der Waals surface area contributed by atoms with Crippen LogP contribution in [0.5, 0.6) is 11.5 Å². The molecule has 2 heterocycles. The smallest absolute Gasteiger partial charge is 0.277 e. The lowest BCUT2D eigenvalue weighted by Gasteiger charge is -2.07. The van der Waals surface area contributed by atoms with Gasteiger partial charge in [-0.25, -0.2) is 0 Å². The molecule has 4 aromatic rings. The van der Waals surface area contributed by atoms with Crippen molar-refractivity contribution in [1.82, 2.24) is 20.3 Å². The Kier molecular flexibility index (Phi) is 5.99. The Morgan fingerprint density at radius 1 is 1.00 bits per heavy atom. The minimum absolute atomic E-state index is 0.360. The third-order valence-corrected chi connectivity index (χ3v) is 5.26. The standard InChI is InChI=1S/C21H20N4O4S/c1-4-13-5-7-14(8-6-13)19-22-18(29-25-19)12-30-21-24-23-20(28-21)16-10-9-15(26-2)11-17(16)27-3/h5-11H,4,12H2,1-3H3. The van der Waals surface area contributed by atoms with Crippen molar-refractivity contribution in [2.45, 2.75) is 24.3 Å². The third kappa shape index (κ3) is 4.30. The van der Waals surface area contributed by atoms with Gasteiger partial charge in [0.1, 0.15) is 11.5 Å². The largest absolute Gasteiger partial charge is 0.497 e. The number of aryl methyl sites for hydroxylation is 1. The Morgan fingerprint density at radius 3 is 2.57 bits per heavy atom. The summed E-state index contributed by atoms with van der Waals surface area (Å²) < 4.78 is 21.7. The second-order valence-corrected chi connectivity index (χ2v) is 7.22. The number of hydrogen-bond donors (Lipinski definition) is 0. The topological polar surface area (TPSA) is 96.3 Å². The number of rotatable bonds is 8. The molecule has 8 nitrogen and oxygen atoms in total. The van der Waals surface area contributed by atoms with Crippen LogP contribution < -0.4 is 9.47 Å². The second-order valence-electron chi connectivity index (χ2n) is 6.29. The fraction of sp³-hybridized carbons (Fsp3) is 0.238. The van der Waals surface area contributed by atoms with Gasteiger partial charge in [0.15, 0.2) is 0 Å². The molecule has 9 heteroatoms. The van der Waals surface area contributed by atoms with Crippen molar-refractivity contribution in [2.24, 2.45) is 0 Å². The summed E-state index contributed by atoms with van der Waals surface area (Å²) in [5.74, 6) is 3.09. The number of thioether (sulfide) groups is 1. The maximum absolute atomic E-state index is 5.75. The van der Waals surface area contributed by atoms with Gasteiger partial charge in [-0.2, -0.15) is 4.98 Å². The van der Waals surface area contributed by atoms with E-state index in [1.807, 2.05) is 24.3 Å². The highest BCUT2D eigenvalue weighted by Crippen LogP contribution is 2.34. The Morgan fingerprint density at radius 2 is 1.83 bits per heavy atom. The van der Waals surface area contributed by atoms with E-state index in [1.54, 1.807) is 20.3 Å². The number of benzene rings is 2. The summed E-state index contributed by atoms with van der Waals surface area (Å²) in [6.45, 7) is 2.12. The van der Waals surface area contributed by atoms with E-state index in [0.29, 0.717) is 45.6 Å². The summed E-state index contributed by atoms with van der Waals surface area (Å²) >= 11 is 1.32. The fourth-order valence-corrected chi connectivity index (χ4v) is 3.40. The molecule has 0 saturated heterocycles. The van der Waals surface area contributed by atoms with E-state index in [2.05, 4.69) is 39.4 Å². The van der Waals surface area contributed by atoms with Gasteiger partial charge in [-0.1, -0.05) is 48.1 Å². The molecule has 0 fully saturated rings. The van der Waals surface area contributed by atoms with Crippen molar-refractivity contribution in [1.29, 1.82) is 0 Å². The van der Waals surface area contributed by atoms with Crippen LogP contribution in [0.15, 0.2) is 56.6 Å². The van der Waals surface area contributed by atoms with Crippen LogP contribution in [-0.2, 0) is 12.2 Å². The summed E-state index contributed by atoms with van der Waals surface area (Å²) in [5.41, 5.74) is 2.87. The van der Waals surface area contributed by atoms with Crippen LogP contribution in [0.2, 0.25) is 0 Å². The molecule has 0 aliphatic rings. The van der Waals surface area contributed by atoms with Crippen molar-refractivity contribution >= 4 is 11.8 Å². The van der Waals surface area contributed by atoms with Gasteiger partial charge in [0.25, 0.3) is 11.1 Å². The molecule has 0 aliphatic carbocycles. The quantitative estimate of drug-likeness (QED) is 0.374. The summed E-state index contributed by atoms with van der Waals surface area (Å²) in [6, 6.07) is 13.5. The molecule has 0 bridgehead atoms. The third-order valence-electron chi connectivity index (χ3n) is 4.45. The van der Waals surface area contributed by atoms with E-state index in [9.17, 15) is 0 Å². The molecule has 0 saturated carbocycles. The Bertz CT molecular complexity index is 1120. The summed E-state index contributed by atoms with van der Waals surface area (Å²) in [4.78, 5) is 4.44. The first-order valence-electron chi connectivity index (χ1n) is 9.30. The lowest BCUT2D eigenvalue weighted by Crippen LogP contribution is -1.90. The monoisotopic (exact) mass is 424 g/mol. The maximum atomic E-state index is 5.75. The van der Waals surface area contributed by atoms with Gasteiger partial charge in [0.05, 0.1) is 25.5 Å². The van der Waals surface area contributed by atoms with Gasteiger partial charge >= 0.3 is 0 Å². The average Bonchev–Trinajstić information content (AvgIpc) is 3.47. The van der Waals surface area contributed by atoms with Crippen molar-refractivity contribution < 1.29 is 18.4 Å². The molecule has 154 valence electrons. The zero-order valence-electron chi connectivity index (χ0n) is 16.8. The van der Waals surface area contributed by atoms with Crippen LogP contribution in [-0.4, -0.2) is 34.6 Å². The molecule has 0 N–H and O–H groups in total. The summed E-state index contributed by atoms with van der Waals surface area (Å²) in [7, 11) is 3.17. The highest BCUT2D eigenvalue weighted by molar-refractivity contribution is 7.98. The summed E-state index contributed by atoms with van der Waals surface area (Å²) in [5, 5.41) is 12.6. The first-order chi connectivity index (χ1) is 14.7. The molecule has 0 radical (unpaired) electrons. The highest BCUT2D eigenvalue weighted by Gasteiger charge is 2.16. The van der Waals surface area contributed by atoms with Gasteiger partial charge < -0.3 is 18.4 Å². The molecule has 0 aliphatic heterocycles. The molecule has 30 heavy (non-hydrogen) atoms. The Balaban J connectivity index is 1.43. The maximum Gasteiger partial charge on any atom is 0.277 e. The second kappa shape index (κ2) is 9.00. The molecule has 0 amide bonds. The average molecular weight is 424 g/mol. The van der Waals surface area contributed by atoms with Crippen molar-refractivity contribution in [3.8, 4) is 34.3 Å². The highest BCUT2D eigenvalue weighted by atomic mass is 32.2. The minimum Gasteiger partial charge on any atom is -0.497 e. The summed E-state index contributed by atoms with van der Waals surface area (Å²) in [6.07, 6.45) is 0.989. The van der Waals surface area contributed by atoms with Crippen molar-refractivity contribution in [2.75, 3.05) is 14.2 Å². The zero-order valence-corrected chi connectivity index (χ0v) is 17.6. The van der Waals surface area contributed by atoms with Gasteiger partial charge in [-0.05, 0) is 24.1 Å². The molecular weight excluding hydrogens is 404 g/mol. The van der Waals surface area contributed by atoms with Gasteiger partial charge in [0, 0.05) is 11.6 Å². The van der Waals surface area contributed by atoms with Crippen molar-refractivity contribution in [3.05, 3.63) is 53.9 Å². The van der Waals surface area contributed by atoms with Gasteiger partial charge in [0.2, 0.25) is 11.7 Å². The number of nitrogens with zero attached hydrogens (tertiary/aromatic N) is 4. The lowest BCUT2D eigenvalue weighted by molar-refractivity contribution is 0.390. The SMILES string of the molecule is CCc1ccc(-c2noc(CSc3nnc(-c4ccc(OC)cc4OC)o3)n2)cc1. The molecule has 4 rings (SSSR count). The first-order valence-corrected chi connectivity index (χ1v) is 10.3. The number of methoxy groups -OCH3 is 2. The predicted molar refractivity (Wildman–Crippen MR) is 112 cm³/mol.